The zero-order valence-corrected chi connectivity index (χ0v) is 7.76. The van der Waals surface area contributed by atoms with Gasteiger partial charge in [0, 0.05) is 11.6 Å². The summed E-state index contributed by atoms with van der Waals surface area (Å²) in [6, 6.07) is 7.24. The van der Waals surface area contributed by atoms with E-state index in [9.17, 15) is 4.39 Å². The fraction of sp³-hybridized carbons (Fsp3) is 0.455. The summed E-state index contributed by atoms with van der Waals surface area (Å²) in [5.41, 5.74) is 0.812. The van der Waals surface area contributed by atoms with Crippen LogP contribution in [0.1, 0.15) is 24.9 Å². The van der Waals surface area contributed by atoms with Crippen LogP contribution in [0.5, 0.6) is 0 Å². The SMILES string of the molecule is C[C@H]1CN[C@@H](c2ccccc2F)C1. The Labute approximate surface area is 78.0 Å². The molecular weight excluding hydrogens is 165 g/mol. The Morgan fingerprint density at radius 3 is 2.77 bits per heavy atom. The summed E-state index contributed by atoms with van der Waals surface area (Å²) >= 11 is 0. The number of rotatable bonds is 1. The zero-order chi connectivity index (χ0) is 9.26. The molecule has 2 heteroatoms. The third kappa shape index (κ3) is 1.73. The first-order chi connectivity index (χ1) is 6.27. The summed E-state index contributed by atoms with van der Waals surface area (Å²) in [5.74, 6) is 0.568. The number of nitrogens with one attached hydrogen (secondary N) is 1. The van der Waals surface area contributed by atoms with Crippen molar-refractivity contribution >= 4 is 0 Å². The molecule has 0 bridgehead atoms. The Bertz CT molecular complexity index is 298. The highest BCUT2D eigenvalue weighted by Gasteiger charge is 2.23. The van der Waals surface area contributed by atoms with Crippen LogP contribution in [0, 0.1) is 11.7 Å². The molecule has 1 aliphatic rings. The van der Waals surface area contributed by atoms with Crippen molar-refractivity contribution in [3.63, 3.8) is 0 Å². The van der Waals surface area contributed by atoms with Crippen LogP contribution in [-0.4, -0.2) is 6.54 Å². The second-order valence-electron chi connectivity index (χ2n) is 3.82. The minimum Gasteiger partial charge on any atom is -0.310 e. The van der Waals surface area contributed by atoms with E-state index in [1.807, 2.05) is 12.1 Å². The second kappa shape index (κ2) is 3.46. The van der Waals surface area contributed by atoms with Gasteiger partial charge in [-0.1, -0.05) is 25.1 Å². The number of hydrogen-bond acceptors (Lipinski definition) is 1. The van der Waals surface area contributed by atoms with Gasteiger partial charge in [-0.2, -0.15) is 0 Å². The fourth-order valence-electron chi connectivity index (χ4n) is 1.91. The Balaban J connectivity index is 2.21. The van der Waals surface area contributed by atoms with Crippen molar-refractivity contribution in [1.29, 1.82) is 0 Å². The van der Waals surface area contributed by atoms with E-state index in [2.05, 4.69) is 12.2 Å². The normalized spacial score (nSPS) is 27.8. The van der Waals surface area contributed by atoms with Gasteiger partial charge in [-0.05, 0) is 24.9 Å². The standard InChI is InChI=1S/C11H14FN/c1-8-6-11(13-7-8)9-4-2-3-5-10(9)12/h2-5,8,11,13H,6-7H2,1H3/t8-,11-/m1/s1. The van der Waals surface area contributed by atoms with E-state index < -0.39 is 0 Å². The van der Waals surface area contributed by atoms with Crippen molar-refractivity contribution in [2.75, 3.05) is 6.54 Å². The van der Waals surface area contributed by atoms with Crippen molar-refractivity contribution in [1.82, 2.24) is 5.32 Å². The van der Waals surface area contributed by atoms with Crippen LogP contribution in [0.15, 0.2) is 24.3 Å². The van der Waals surface area contributed by atoms with Crippen molar-refractivity contribution in [3.05, 3.63) is 35.6 Å². The summed E-state index contributed by atoms with van der Waals surface area (Å²) in [6.45, 7) is 3.19. The highest BCUT2D eigenvalue weighted by atomic mass is 19.1. The number of halogens is 1. The molecule has 1 aliphatic heterocycles. The van der Waals surface area contributed by atoms with Gasteiger partial charge in [0.25, 0.3) is 0 Å². The van der Waals surface area contributed by atoms with Gasteiger partial charge >= 0.3 is 0 Å². The van der Waals surface area contributed by atoms with Gasteiger partial charge in [-0.3, -0.25) is 0 Å². The molecule has 0 unspecified atom stereocenters. The largest absolute Gasteiger partial charge is 0.310 e. The molecule has 0 amide bonds. The Morgan fingerprint density at radius 2 is 2.15 bits per heavy atom. The van der Waals surface area contributed by atoms with Crippen LogP contribution in [0.3, 0.4) is 0 Å². The van der Waals surface area contributed by atoms with Crippen LogP contribution in [0.2, 0.25) is 0 Å². The Kier molecular flexibility index (Phi) is 2.32. The molecule has 13 heavy (non-hydrogen) atoms. The maximum absolute atomic E-state index is 13.3. The maximum Gasteiger partial charge on any atom is 0.127 e. The van der Waals surface area contributed by atoms with Crippen LogP contribution >= 0.6 is 0 Å². The van der Waals surface area contributed by atoms with Gasteiger partial charge in [0.2, 0.25) is 0 Å². The molecule has 1 N–H and O–H groups in total. The van der Waals surface area contributed by atoms with Crippen LogP contribution in [0.4, 0.5) is 4.39 Å². The van der Waals surface area contributed by atoms with E-state index in [1.165, 1.54) is 6.07 Å². The minimum atomic E-state index is -0.0888. The monoisotopic (exact) mass is 179 g/mol. The van der Waals surface area contributed by atoms with E-state index in [-0.39, 0.29) is 11.9 Å². The first-order valence-corrected chi connectivity index (χ1v) is 4.75. The highest BCUT2D eigenvalue weighted by Crippen LogP contribution is 2.27. The van der Waals surface area contributed by atoms with Gasteiger partial charge in [0.15, 0.2) is 0 Å². The third-order valence-corrected chi connectivity index (χ3v) is 2.63. The molecule has 0 saturated carbocycles. The Morgan fingerprint density at radius 1 is 1.38 bits per heavy atom. The molecule has 0 spiro atoms. The van der Waals surface area contributed by atoms with Gasteiger partial charge in [-0.25, -0.2) is 4.39 Å². The minimum absolute atomic E-state index is 0.0888. The highest BCUT2D eigenvalue weighted by molar-refractivity contribution is 5.22. The molecule has 2 atom stereocenters. The number of benzene rings is 1. The van der Waals surface area contributed by atoms with E-state index in [1.54, 1.807) is 6.07 Å². The molecule has 2 rings (SSSR count). The molecular formula is C11H14FN. The topological polar surface area (TPSA) is 12.0 Å². The fourth-order valence-corrected chi connectivity index (χ4v) is 1.91. The summed E-state index contributed by atoms with van der Waals surface area (Å²) in [7, 11) is 0. The van der Waals surface area contributed by atoms with E-state index >= 15 is 0 Å². The van der Waals surface area contributed by atoms with Gasteiger partial charge in [0.1, 0.15) is 5.82 Å². The second-order valence-corrected chi connectivity index (χ2v) is 3.82. The van der Waals surface area contributed by atoms with Crippen molar-refractivity contribution in [2.45, 2.75) is 19.4 Å². The molecule has 0 aromatic heterocycles. The van der Waals surface area contributed by atoms with Gasteiger partial charge < -0.3 is 5.32 Å². The molecule has 1 heterocycles. The van der Waals surface area contributed by atoms with Crippen molar-refractivity contribution < 1.29 is 4.39 Å². The predicted octanol–water partition coefficient (Wildman–Crippen LogP) is 2.50. The van der Waals surface area contributed by atoms with Gasteiger partial charge in [-0.15, -0.1) is 0 Å². The smallest absolute Gasteiger partial charge is 0.127 e. The summed E-state index contributed by atoms with van der Waals surface area (Å²) in [4.78, 5) is 0. The Hall–Kier alpha value is -0.890. The number of hydrogen-bond donors (Lipinski definition) is 1. The lowest BCUT2D eigenvalue weighted by molar-refractivity contribution is 0.550. The molecule has 70 valence electrons. The average molecular weight is 179 g/mol. The van der Waals surface area contributed by atoms with Crippen molar-refractivity contribution in [2.24, 2.45) is 5.92 Å². The summed E-state index contributed by atoms with van der Waals surface area (Å²) < 4.78 is 13.3. The maximum atomic E-state index is 13.3. The van der Waals surface area contributed by atoms with Gasteiger partial charge in [0.05, 0.1) is 0 Å². The summed E-state index contributed by atoms with van der Waals surface area (Å²) in [5, 5.41) is 3.32. The summed E-state index contributed by atoms with van der Waals surface area (Å²) in [6.07, 6.45) is 1.04. The molecule has 1 saturated heterocycles. The molecule has 0 aliphatic carbocycles. The van der Waals surface area contributed by atoms with E-state index in [0.717, 1.165) is 18.5 Å². The van der Waals surface area contributed by atoms with E-state index in [4.69, 9.17) is 0 Å². The molecule has 1 fully saturated rings. The molecule has 0 radical (unpaired) electrons. The third-order valence-electron chi connectivity index (χ3n) is 2.63. The molecule has 1 aromatic rings. The first-order valence-electron chi connectivity index (χ1n) is 4.75. The average Bonchev–Trinajstić information content (AvgIpc) is 2.53. The van der Waals surface area contributed by atoms with Crippen molar-refractivity contribution in [3.8, 4) is 0 Å². The van der Waals surface area contributed by atoms with Crippen LogP contribution < -0.4 is 5.32 Å². The lowest BCUT2D eigenvalue weighted by atomic mass is 10.0. The lowest BCUT2D eigenvalue weighted by Crippen LogP contribution is -2.14. The zero-order valence-electron chi connectivity index (χ0n) is 7.76. The quantitative estimate of drug-likeness (QED) is 0.698. The molecule has 1 aromatic carbocycles. The van der Waals surface area contributed by atoms with Crippen LogP contribution in [0.25, 0.3) is 0 Å². The van der Waals surface area contributed by atoms with E-state index in [0.29, 0.717) is 5.92 Å². The lowest BCUT2D eigenvalue weighted by Gasteiger charge is -2.10. The first kappa shape index (κ1) is 8.70. The van der Waals surface area contributed by atoms with Crippen LogP contribution in [-0.2, 0) is 0 Å². The predicted molar refractivity (Wildman–Crippen MR) is 50.9 cm³/mol. The molecule has 1 nitrogen and oxygen atoms in total.